The molecule has 0 fully saturated rings. The van der Waals surface area contributed by atoms with E-state index >= 15 is 0 Å². The number of hydrogen-bond acceptors (Lipinski definition) is 5. The highest BCUT2D eigenvalue weighted by Gasteiger charge is 2.11. The van der Waals surface area contributed by atoms with Crippen molar-refractivity contribution in [2.24, 2.45) is 0 Å². The lowest BCUT2D eigenvalue weighted by Crippen LogP contribution is -2.00. The lowest BCUT2D eigenvalue weighted by Gasteiger charge is -2.11. The molecule has 0 atom stereocenters. The SMILES string of the molecule is COc1ccc(S(=O)(=O)[O-])c2cccnc12. The Balaban J connectivity index is 2.91. The van der Waals surface area contributed by atoms with E-state index < -0.39 is 10.1 Å². The molecule has 2 aromatic rings. The van der Waals surface area contributed by atoms with Crippen LogP contribution in [0.15, 0.2) is 35.4 Å². The Kier molecular flexibility index (Phi) is 2.53. The molecular weight excluding hydrogens is 230 g/mol. The first-order valence-corrected chi connectivity index (χ1v) is 5.82. The Hall–Kier alpha value is -1.66. The molecule has 1 aromatic carbocycles. The van der Waals surface area contributed by atoms with E-state index in [9.17, 15) is 13.0 Å². The minimum absolute atomic E-state index is 0.275. The van der Waals surface area contributed by atoms with E-state index in [0.717, 1.165) is 0 Å². The van der Waals surface area contributed by atoms with Gasteiger partial charge in [0, 0.05) is 11.6 Å². The molecule has 0 aliphatic carbocycles. The molecule has 16 heavy (non-hydrogen) atoms. The van der Waals surface area contributed by atoms with Gasteiger partial charge in [-0.05, 0) is 24.3 Å². The van der Waals surface area contributed by atoms with Crippen molar-refractivity contribution in [2.75, 3.05) is 7.11 Å². The highest BCUT2D eigenvalue weighted by Crippen LogP contribution is 2.28. The van der Waals surface area contributed by atoms with Gasteiger partial charge in [-0.2, -0.15) is 0 Å². The van der Waals surface area contributed by atoms with Crippen molar-refractivity contribution in [3.63, 3.8) is 0 Å². The predicted octanol–water partition coefficient (Wildman–Crippen LogP) is 1.15. The van der Waals surface area contributed by atoms with Crippen LogP contribution in [0.25, 0.3) is 10.9 Å². The maximum atomic E-state index is 11.0. The van der Waals surface area contributed by atoms with Gasteiger partial charge in [-0.1, -0.05) is 0 Å². The summed E-state index contributed by atoms with van der Waals surface area (Å²) >= 11 is 0. The van der Waals surface area contributed by atoms with E-state index in [0.29, 0.717) is 11.3 Å². The maximum absolute atomic E-state index is 11.0. The molecule has 0 aliphatic heterocycles. The zero-order valence-corrected chi connectivity index (χ0v) is 9.19. The van der Waals surface area contributed by atoms with Crippen LogP contribution in [0.2, 0.25) is 0 Å². The van der Waals surface area contributed by atoms with Crippen molar-refractivity contribution >= 4 is 21.0 Å². The Morgan fingerprint density at radius 1 is 1.31 bits per heavy atom. The average Bonchev–Trinajstić information content (AvgIpc) is 2.26. The third-order valence-corrected chi connectivity index (χ3v) is 3.08. The number of hydrogen-bond donors (Lipinski definition) is 0. The maximum Gasteiger partial charge on any atom is 0.145 e. The van der Waals surface area contributed by atoms with Gasteiger partial charge in [-0.15, -0.1) is 0 Å². The summed E-state index contributed by atoms with van der Waals surface area (Å²) < 4.78 is 38.1. The second-order valence-corrected chi connectivity index (χ2v) is 4.47. The van der Waals surface area contributed by atoms with Gasteiger partial charge >= 0.3 is 0 Å². The third kappa shape index (κ3) is 1.72. The summed E-state index contributed by atoms with van der Waals surface area (Å²) in [4.78, 5) is 3.72. The van der Waals surface area contributed by atoms with Gasteiger partial charge in [0.15, 0.2) is 0 Å². The van der Waals surface area contributed by atoms with Crippen LogP contribution in [0.3, 0.4) is 0 Å². The van der Waals surface area contributed by atoms with Crippen LogP contribution < -0.4 is 4.74 Å². The van der Waals surface area contributed by atoms with E-state index in [2.05, 4.69) is 4.98 Å². The van der Waals surface area contributed by atoms with Gasteiger partial charge in [0.05, 0.1) is 12.0 Å². The molecular formula is C10H8NO4S-. The average molecular weight is 238 g/mol. The minimum atomic E-state index is -4.50. The fourth-order valence-electron chi connectivity index (χ4n) is 1.50. The second kappa shape index (κ2) is 3.73. The van der Waals surface area contributed by atoms with E-state index in [4.69, 9.17) is 4.74 Å². The molecule has 1 aromatic heterocycles. The molecule has 0 amide bonds. The molecule has 0 saturated heterocycles. The Morgan fingerprint density at radius 3 is 2.69 bits per heavy atom. The standard InChI is InChI=1S/C10H9NO4S/c1-15-8-4-5-9(16(12,13)14)7-3-2-6-11-10(7)8/h2-6H,1H3,(H,12,13,14)/p-1. The highest BCUT2D eigenvalue weighted by atomic mass is 32.2. The van der Waals surface area contributed by atoms with E-state index in [1.165, 1.54) is 31.5 Å². The molecule has 0 spiro atoms. The summed E-state index contributed by atoms with van der Waals surface area (Å²) in [6, 6.07) is 5.73. The smallest absolute Gasteiger partial charge is 0.145 e. The summed E-state index contributed by atoms with van der Waals surface area (Å²) in [6.45, 7) is 0. The van der Waals surface area contributed by atoms with E-state index in [1.807, 2.05) is 0 Å². The quantitative estimate of drug-likeness (QED) is 0.733. The van der Waals surface area contributed by atoms with Crippen LogP contribution in [0.5, 0.6) is 5.75 Å². The summed E-state index contributed by atoms with van der Waals surface area (Å²) in [6.07, 6.45) is 1.51. The fraction of sp³-hybridized carbons (Fsp3) is 0.100. The van der Waals surface area contributed by atoms with Gasteiger partial charge < -0.3 is 9.29 Å². The summed E-state index contributed by atoms with van der Waals surface area (Å²) in [5.41, 5.74) is 0.363. The molecule has 6 heteroatoms. The Bertz CT molecular complexity index is 636. The number of pyridine rings is 1. The van der Waals surface area contributed by atoms with Crippen molar-refractivity contribution in [1.82, 2.24) is 4.98 Å². The van der Waals surface area contributed by atoms with Crippen molar-refractivity contribution in [3.8, 4) is 5.75 Å². The molecule has 2 rings (SSSR count). The summed E-state index contributed by atoms with van der Waals surface area (Å²) in [5.74, 6) is 0.433. The number of benzene rings is 1. The summed E-state index contributed by atoms with van der Waals surface area (Å²) in [7, 11) is -3.05. The topological polar surface area (TPSA) is 79.3 Å². The molecule has 0 radical (unpaired) electrons. The lowest BCUT2D eigenvalue weighted by atomic mass is 10.2. The normalized spacial score (nSPS) is 11.6. The fourth-order valence-corrected chi connectivity index (χ4v) is 2.17. The molecule has 84 valence electrons. The van der Waals surface area contributed by atoms with Gasteiger partial charge in [0.1, 0.15) is 21.4 Å². The van der Waals surface area contributed by atoms with Gasteiger partial charge in [0.2, 0.25) is 0 Å². The van der Waals surface area contributed by atoms with E-state index in [-0.39, 0.29) is 10.3 Å². The summed E-state index contributed by atoms with van der Waals surface area (Å²) in [5, 5.41) is 0.275. The third-order valence-electron chi connectivity index (χ3n) is 2.18. The molecule has 0 unspecified atom stereocenters. The van der Waals surface area contributed by atoms with Crippen LogP contribution in [0.1, 0.15) is 0 Å². The monoisotopic (exact) mass is 238 g/mol. The van der Waals surface area contributed by atoms with Crippen LogP contribution >= 0.6 is 0 Å². The first kappa shape index (κ1) is 10.8. The lowest BCUT2D eigenvalue weighted by molar-refractivity contribution is 0.418. The van der Waals surface area contributed by atoms with Gasteiger partial charge in [0.25, 0.3) is 0 Å². The number of methoxy groups -OCH3 is 1. The molecule has 0 bridgehead atoms. The first-order valence-electron chi connectivity index (χ1n) is 4.41. The van der Waals surface area contributed by atoms with Crippen molar-refractivity contribution in [1.29, 1.82) is 0 Å². The molecule has 5 nitrogen and oxygen atoms in total. The molecule has 0 saturated carbocycles. The zero-order valence-electron chi connectivity index (χ0n) is 8.38. The number of ether oxygens (including phenoxy) is 1. The van der Waals surface area contributed by atoms with E-state index in [1.54, 1.807) is 6.07 Å². The molecule has 0 N–H and O–H groups in total. The minimum Gasteiger partial charge on any atom is -0.744 e. The van der Waals surface area contributed by atoms with Crippen LogP contribution in [-0.2, 0) is 10.1 Å². The van der Waals surface area contributed by atoms with Crippen LogP contribution in [0.4, 0.5) is 0 Å². The predicted molar refractivity (Wildman–Crippen MR) is 56.3 cm³/mol. The van der Waals surface area contributed by atoms with Gasteiger partial charge in [-0.25, -0.2) is 8.42 Å². The van der Waals surface area contributed by atoms with Crippen molar-refractivity contribution in [2.45, 2.75) is 4.90 Å². The highest BCUT2D eigenvalue weighted by molar-refractivity contribution is 7.86. The largest absolute Gasteiger partial charge is 0.744 e. The first-order chi connectivity index (χ1) is 7.54. The Labute approximate surface area is 92.4 Å². The van der Waals surface area contributed by atoms with Crippen LogP contribution in [0, 0.1) is 0 Å². The van der Waals surface area contributed by atoms with Crippen LogP contribution in [-0.4, -0.2) is 25.1 Å². The molecule has 0 aliphatic rings. The number of fused-ring (bicyclic) bond motifs is 1. The van der Waals surface area contributed by atoms with Crippen molar-refractivity contribution in [3.05, 3.63) is 30.5 Å². The number of nitrogens with zero attached hydrogens (tertiary/aromatic N) is 1. The molecule has 1 heterocycles. The van der Waals surface area contributed by atoms with Gasteiger partial charge in [-0.3, -0.25) is 4.98 Å². The Morgan fingerprint density at radius 2 is 2.06 bits per heavy atom. The number of aromatic nitrogens is 1. The number of rotatable bonds is 2. The second-order valence-electron chi connectivity index (χ2n) is 3.12. The van der Waals surface area contributed by atoms with Crippen molar-refractivity contribution < 1.29 is 17.7 Å². The zero-order chi connectivity index (χ0) is 11.8.